The summed E-state index contributed by atoms with van der Waals surface area (Å²) in [5.74, 6) is 1.76. The average molecular weight is 262 g/mol. The van der Waals surface area contributed by atoms with Crippen LogP contribution in [-0.2, 0) is 0 Å². The van der Waals surface area contributed by atoms with E-state index in [1.165, 1.54) is 24.0 Å². The number of hydrogen-bond acceptors (Lipinski definition) is 4. The Morgan fingerprint density at radius 2 is 2.00 bits per heavy atom. The van der Waals surface area contributed by atoms with E-state index >= 15 is 0 Å². The Morgan fingerprint density at radius 3 is 2.63 bits per heavy atom. The highest BCUT2D eigenvalue weighted by molar-refractivity contribution is 5.49. The number of nitrogens with one attached hydrogen (secondary N) is 2. The van der Waals surface area contributed by atoms with Gasteiger partial charge in [0.2, 0.25) is 0 Å². The fourth-order valence-corrected chi connectivity index (χ4v) is 3.11. The molecule has 4 nitrogen and oxygen atoms in total. The molecule has 2 aliphatic rings. The van der Waals surface area contributed by atoms with Gasteiger partial charge in [-0.15, -0.1) is 0 Å². The van der Waals surface area contributed by atoms with Gasteiger partial charge in [0, 0.05) is 12.1 Å². The highest BCUT2D eigenvalue weighted by atomic mass is 16.6. The standard InChI is InChI=1S/C15H22N2O2/c1-10-8-13-14(19-7-6-18-13)9-11(10)15(16-2)12-4-3-5-17-12/h8-9,12,15-17H,3-7H2,1-2H3. The number of rotatable bonds is 3. The second kappa shape index (κ2) is 5.39. The zero-order valence-corrected chi connectivity index (χ0v) is 11.7. The second-order valence-electron chi connectivity index (χ2n) is 5.32. The van der Waals surface area contributed by atoms with E-state index in [4.69, 9.17) is 9.47 Å². The highest BCUT2D eigenvalue weighted by Crippen LogP contribution is 2.36. The first-order valence-electron chi connectivity index (χ1n) is 7.10. The predicted molar refractivity (Wildman–Crippen MR) is 75.0 cm³/mol. The van der Waals surface area contributed by atoms with Gasteiger partial charge in [0.05, 0.1) is 0 Å². The molecule has 2 N–H and O–H groups in total. The minimum Gasteiger partial charge on any atom is -0.486 e. The van der Waals surface area contributed by atoms with Crippen LogP contribution in [0.3, 0.4) is 0 Å². The Hall–Kier alpha value is -1.26. The van der Waals surface area contributed by atoms with Crippen molar-refractivity contribution in [3.8, 4) is 11.5 Å². The molecule has 4 heteroatoms. The van der Waals surface area contributed by atoms with Crippen LogP contribution in [0.15, 0.2) is 12.1 Å². The molecule has 1 aromatic rings. The number of likely N-dealkylation sites (N-methyl/N-ethyl adjacent to an activating group) is 1. The van der Waals surface area contributed by atoms with Crippen molar-refractivity contribution in [2.45, 2.75) is 31.8 Å². The first-order valence-corrected chi connectivity index (χ1v) is 7.10. The van der Waals surface area contributed by atoms with Crippen molar-refractivity contribution >= 4 is 0 Å². The molecule has 19 heavy (non-hydrogen) atoms. The Labute approximate surface area is 114 Å². The molecule has 104 valence electrons. The monoisotopic (exact) mass is 262 g/mol. The minimum absolute atomic E-state index is 0.332. The topological polar surface area (TPSA) is 42.5 Å². The fraction of sp³-hybridized carbons (Fsp3) is 0.600. The summed E-state index contributed by atoms with van der Waals surface area (Å²) in [5.41, 5.74) is 2.57. The number of ether oxygens (including phenoxy) is 2. The van der Waals surface area contributed by atoms with Crippen molar-refractivity contribution < 1.29 is 9.47 Å². The third-order valence-electron chi connectivity index (χ3n) is 4.08. The largest absolute Gasteiger partial charge is 0.486 e. The molecule has 0 amide bonds. The average Bonchev–Trinajstić information content (AvgIpc) is 2.94. The lowest BCUT2D eigenvalue weighted by molar-refractivity contribution is 0.171. The lowest BCUT2D eigenvalue weighted by Crippen LogP contribution is -2.36. The molecule has 0 aromatic heterocycles. The smallest absolute Gasteiger partial charge is 0.161 e. The van der Waals surface area contributed by atoms with E-state index in [-0.39, 0.29) is 0 Å². The van der Waals surface area contributed by atoms with Crippen molar-refractivity contribution in [3.05, 3.63) is 23.3 Å². The van der Waals surface area contributed by atoms with Gasteiger partial charge in [-0.25, -0.2) is 0 Å². The Balaban J connectivity index is 1.93. The van der Waals surface area contributed by atoms with Gasteiger partial charge < -0.3 is 20.1 Å². The lowest BCUT2D eigenvalue weighted by atomic mass is 9.94. The van der Waals surface area contributed by atoms with Gasteiger partial charge in [-0.3, -0.25) is 0 Å². The van der Waals surface area contributed by atoms with Crippen molar-refractivity contribution in [1.29, 1.82) is 0 Å². The first kappa shape index (κ1) is 12.8. The third-order valence-corrected chi connectivity index (χ3v) is 4.08. The van der Waals surface area contributed by atoms with Crippen LogP contribution in [0.5, 0.6) is 11.5 Å². The summed E-state index contributed by atoms with van der Waals surface area (Å²) in [4.78, 5) is 0. The molecule has 3 rings (SSSR count). The first-order chi connectivity index (χ1) is 9.29. The number of fused-ring (bicyclic) bond motifs is 1. The molecule has 2 atom stereocenters. The van der Waals surface area contributed by atoms with Gasteiger partial charge in [-0.2, -0.15) is 0 Å². The second-order valence-corrected chi connectivity index (χ2v) is 5.32. The van der Waals surface area contributed by atoms with Crippen molar-refractivity contribution in [1.82, 2.24) is 10.6 Å². The van der Waals surface area contributed by atoms with Gasteiger partial charge in [-0.05, 0) is 56.6 Å². The van der Waals surface area contributed by atoms with Crippen LogP contribution < -0.4 is 20.1 Å². The molecule has 0 aliphatic carbocycles. The van der Waals surface area contributed by atoms with Gasteiger partial charge in [-0.1, -0.05) is 0 Å². The van der Waals surface area contributed by atoms with Crippen LogP contribution in [0.1, 0.15) is 30.0 Å². The maximum atomic E-state index is 5.70. The SMILES string of the molecule is CNC(c1cc2c(cc1C)OCCO2)C1CCCN1. The van der Waals surface area contributed by atoms with Crippen LogP contribution in [0.4, 0.5) is 0 Å². The van der Waals surface area contributed by atoms with Gasteiger partial charge >= 0.3 is 0 Å². The molecular formula is C15H22N2O2. The normalized spacial score (nSPS) is 23.4. The molecule has 1 saturated heterocycles. The summed E-state index contributed by atoms with van der Waals surface area (Å²) in [6, 6.07) is 5.08. The maximum absolute atomic E-state index is 5.70. The number of benzene rings is 1. The summed E-state index contributed by atoms with van der Waals surface area (Å²) < 4.78 is 11.3. The summed E-state index contributed by atoms with van der Waals surface area (Å²) in [5, 5.41) is 7.03. The molecule has 1 fully saturated rings. The van der Waals surface area contributed by atoms with E-state index in [2.05, 4.69) is 29.7 Å². The van der Waals surface area contributed by atoms with Crippen LogP contribution in [0.25, 0.3) is 0 Å². The van der Waals surface area contributed by atoms with Gasteiger partial charge in [0.15, 0.2) is 11.5 Å². The number of hydrogen-bond donors (Lipinski definition) is 2. The Morgan fingerprint density at radius 1 is 1.26 bits per heavy atom. The zero-order valence-electron chi connectivity index (χ0n) is 11.7. The van der Waals surface area contributed by atoms with E-state index in [1.54, 1.807) is 0 Å². The maximum Gasteiger partial charge on any atom is 0.161 e. The van der Waals surface area contributed by atoms with Gasteiger partial charge in [0.25, 0.3) is 0 Å². The third kappa shape index (κ3) is 2.42. The molecule has 0 radical (unpaired) electrons. The summed E-state index contributed by atoms with van der Waals surface area (Å²) >= 11 is 0. The fourth-order valence-electron chi connectivity index (χ4n) is 3.11. The molecule has 0 saturated carbocycles. The van der Waals surface area contributed by atoms with Crippen molar-refractivity contribution in [3.63, 3.8) is 0 Å². The summed E-state index contributed by atoms with van der Waals surface area (Å²) in [7, 11) is 2.03. The van der Waals surface area contributed by atoms with Crippen LogP contribution >= 0.6 is 0 Å². The zero-order chi connectivity index (χ0) is 13.2. The molecule has 2 heterocycles. The quantitative estimate of drug-likeness (QED) is 0.871. The lowest BCUT2D eigenvalue weighted by Gasteiger charge is -2.27. The predicted octanol–water partition coefficient (Wildman–Crippen LogP) is 1.78. The molecule has 0 spiro atoms. The van der Waals surface area contributed by atoms with Crippen molar-refractivity contribution in [2.24, 2.45) is 0 Å². The molecule has 2 unspecified atom stereocenters. The van der Waals surface area contributed by atoms with Crippen LogP contribution in [0.2, 0.25) is 0 Å². The van der Waals surface area contributed by atoms with E-state index in [0.29, 0.717) is 25.3 Å². The molecule has 1 aromatic carbocycles. The number of aryl methyl sites for hydroxylation is 1. The summed E-state index contributed by atoms with van der Waals surface area (Å²) in [6.07, 6.45) is 2.48. The molecule has 0 bridgehead atoms. The Bertz CT molecular complexity index is 456. The molecule has 2 aliphatic heterocycles. The summed E-state index contributed by atoms with van der Waals surface area (Å²) in [6.45, 7) is 4.55. The Kier molecular flexibility index (Phi) is 3.62. The minimum atomic E-state index is 0.332. The van der Waals surface area contributed by atoms with E-state index in [0.717, 1.165) is 18.0 Å². The van der Waals surface area contributed by atoms with E-state index in [9.17, 15) is 0 Å². The van der Waals surface area contributed by atoms with Crippen LogP contribution in [0, 0.1) is 6.92 Å². The van der Waals surface area contributed by atoms with Crippen LogP contribution in [-0.4, -0.2) is 32.8 Å². The molecular weight excluding hydrogens is 240 g/mol. The van der Waals surface area contributed by atoms with E-state index < -0.39 is 0 Å². The highest BCUT2D eigenvalue weighted by Gasteiger charge is 2.27. The van der Waals surface area contributed by atoms with Gasteiger partial charge in [0.1, 0.15) is 13.2 Å². The van der Waals surface area contributed by atoms with E-state index in [1.807, 2.05) is 7.05 Å². The van der Waals surface area contributed by atoms with Crippen molar-refractivity contribution in [2.75, 3.05) is 26.8 Å².